The lowest BCUT2D eigenvalue weighted by molar-refractivity contribution is 0.0612. The highest BCUT2D eigenvalue weighted by Gasteiger charge is 2.32. The predicted molar refractivity (Wildman–Crippen MR) is 152 cm³/mol. The fraction of sp³-hybridized carbons (Fsp3) is 0.345. The number of carbonyl (C=O) groups is 1. The molecule has 0 atom stereocenters. The van der Waals surface area contributed by atoms with Crippen LogP contribution in [0, 0.1) is 0 Å². The quantitative estimate of drug-likeness (QED) is 0.358. The zero-order chi connectivity index (χ0) is 25.5. The summed E-state index contributed by atoms with van der Waals surface area (Å²) >= 11 is 19.9. The average molecular weight is 556 g/mol. The first kappa shape index (κ1) is 25.0. The Kier molecular flexibility index (Phi) is 7.08. The lowest BCUT2D eigenvalue weighted by Crippen LogP contribution is -2.50. The fourth-order valence-electron chi connectivity index (χ4n) is 5.80. The maximum atomic E-state index is 13.3. The topological polar surface area (TPSA) is 38.8 Å². The standard InChI is InChI=1S/C29H29Cl3N4O/c30-24-6-2-1-5-21(24)22-15-19(18-34-13-9-20(10-14-34)35-11-4-12-35)16-27-23(22)17-33-29(37)36(27)28-25(31)7-3-8-26(28)32/h1-3,5-8,15-16,20H,4,9-14,17-18H2,(H,33,37). The highest BCUT2D eigenvalue weighted by atomic mass is 35.5. The van der Waals surface area contributed by atoms with E-state index >= 15 is 0 Å². The lowest BCUT2D eigenvalue weighted by atomic mass is 9.93. The van der Waals surface area contributed by atoms with Gasteiger partial charge in [0.2, 0.25) is 0 Å². The number of piperidine rings is 1. The molecule has 3 aromatic carbocycles. The Morgan fingerprint density at radius 1 is 0.838 bits per heavy atom. The Balaban J connectivity index is 1.41. The molecule has 0 radical (unpaired) electrons. The number of hydrogen-bond donors (Lipinski definition) is 1. The van der Waals surface area contributed by atoms with Crippen molar-refractivity contribution >= 4 is 52.2 Å². The highest BCUT2D eigenvalue weighted by Crippen LogP contribution is 2.45. The second-order valence-corrected chi connectivity index (χ2v) is 11.3. The number of halogens is 3. The molecule has 3 aliphatic heterocycles. The van der Waals surface area contributed by atoms with E-state index in [1.54, 1.807) is 23.1 Å². The van der Waals surface area contributed by atoms with Crippen LogP contribution in [0.1, 0.15) is 30.4 Å². The van der Waals surface area contributed by atoms with Crippen LogP contribution in [-0.2, 0) is 13.1 Å². The number of likely N-dealkylation sites (tertiary alicyclic amines) is 2. The molecule has 0 aliphatic carbocycles. The van der Waals surface area contributed by atoms with Crippen LogP contribution in [-0.4, -0.2) is 48.1 Å². The Bertz CT molecular complexity index is 1310. The third kappa shape index (κ3) is 4.84. The van der Waals surface area contributed by atoms with Gasteiger partial charge in [0, 0.05) is 35.3 Å². The van der Waals surface area contributed by atoms with Gasteiger partial charge >= 0.3 is 6.03 Å². The monoisotopic (exact) mass is 554 g/mol. The first-order chi connectivity index (χ1) is 18.0. The summed E-state index contributed by atoms with van der Waals surface area (Å²) < 4.78 is 0. The maximum absolute atomic E-state index is 13.3. The molecule has 0 saturated carbocycles. The minimum absolute atomic E-state index is 0.250. The summed E-state index contributed by atoms with van der Waals surface area (Å²) in [5, 5.41) is 4.54. The third-order valence-corrected chi connectivity index (χ3v) is 8.78. The highest BCUT2D eigenvalue weighted by molar-refractivity contribution is 6.40. The Morgan fingerprint density at radius 3 is 2.22 bits per heavy atom. The summed E-state index contributed by atoms with van der Waals surface area (Å²) in [6.45, 7) is 5.84. The van der Waals surface area contributed by atoms with Gasteiger partial charge in [-0.3, -0.25) is 9.80 Å². The molecule has 0 unspecified atom stereocenters. The van der Waals surface area contributed by atoms with Gasteiger partial charge in [-0.1, -0.05) is 59.1 Å². The van der Waals surface area contributed by atoms with E-state index in [9.17, 15) is 4.79 Å². The molecule has 2 fully saturated rings. The predicted octanol–water partition coefficient (Wildman–Crippen LogP) is 7.35. The normalized spacial score (nSPS) is 18.9. The van der Waals surface area contributed by atoms with Gasteiger partial charge in [0.05, 0.1) is 21.4 Å². The van der Waals surface area contributed by atoms with Crippen molar-refractivity contribution in [3.63, 3.8) is 0 Å². The molecule has 3 aliphatic rings. The molecule has 3 heterocycles. The van der Waals surface area contributed by atoms with Gasteiger partial charge in [-0.05, 0) is 86.9 Å². The molecule has 2 amide bonds. The summed E-state index contributed by atoms with van der Waals surface area (Å²) in [7, 11) is 0. The van der Waals surface area contributed by atoms with Crippen molar-refractivity contribution in [1.29, 1.82) is 0 Å². The van der Waals surface area contributed by atoms with Crippen LogP contribution < -0.4 is 10.2 Å². The van der Waals surface area contributed by atoms with Crippen LogP contribution in [0.25, 0.3) is 11.1 Å². The summed E-state index contributed by atoms with van der Waals surface area (Å²) in [6.07, 6.45) is 3.73. The number of urea groups is 1. The van der Waals surface area contributed by atoms with Crippen LogP contribution in [0.3, 0.4) is 0 Å². The summed E-state index contributed by atoms with van der Waals surface area (Å²) in [5.74, 6) is 0. The molecule has 0 spiro atoms. The first-order valence-electron chi connectivity index (χ1n) is 12.9. The number of para-hydroxylation sites is 1. The minimum Gasteiger partial charge on any atom is -0.333 e. The van der Waals surface area contributed by atoms with E-state index in [4.69, 9.17) is 34.8 Å². The zero-order valence-corrected chi connectivity index (χ0v) is 22.8. The molecule has 1 N–H and O–H groups in total. The SMILES string of the molecule is O=C1NCc2c(-c3ccccc3Cl)cc(CN3CCC(N4CCC4)CC3)cc2N1c1c(Cl)cccc1Cl. The minimum atomic E-state index is -0.250. The number of nitrogens with zero attached hydrogens (tertiary/aromatic N) is 3. The molecular formula is C29H29Cl3N4O. The van der Waals surface area contributed by atoms with Crippen molar-refractivity contribution in [3.8, 4) is 11.1 Å². The second-order valence-electron chi connectivity index (χ2n) is 10.1. The molecule has 6 rings (SSSR count). The molecule has 8 heteroatoms. The van der Waals surface area contributed by atoms with Crippen molar-refractivity contribution < 1.29 is 4.79 Å². The van der Waals surface area contributed by atoms with Crippen molar-refractivity contribution in [2.45, 2.75) is 38.4 Å². The van der Waals surface area contributed by atoms with Gasteiger partial charge in [-0.25, -0.2) is 4.79 Å². The number of benzene rings is 3. The van der Waals surface area contributed by atoms with Gasteiger partial charge < -0.3 is 10.2 Å². The fourth-order valence-corrected chi connectivity index (χ4v) is 6.60. The maximum Gasteiger partial charge on any atom is 0.326 e. The molecular weight excluding hydrogens is 527 g/mol. The lowest BCUT2D eigenvalue weighted by Gasteiger charge is -2.43. The Labute approximate surface area is 232 Å². The summed E-state index contributed by atoms with van der Waals surface area (Å²) in [6, 6.07) is 18.0. The van der Waals surface area contributed by atoms with Gasteiger partial charge in [0.25, 0.3) is 0 Å². The number of rotatable bonds is 5. The van der Waals surface area contributed by atoms with E-state index in [0.717, 1.165) is 47.6 Å². The van der Waals surface area contributed by atoms with Gasteiger partial charge in [-0.2, -0.15) is 0 Å². The van der Waals surface area contributed by atoms with Crippen molar-refractivity contribution in [1.82, 2.24) is 15.1 Å². The first-order valence-corrected chi connectivity index (χ1v) is 14.0. The van der Waals surface area contributed by atoms with Gasteiger partial charge in [0.1, 0.15) is 0 Å². The molecule has 0 aromatic heterocycles. The van der Waals surface area contributed by atoms with E-state index < -0.39 is 0 Å². The largest absolute Gasteiger partial charge is 0.333 e. The van der Waals surface area contributed by atoms with Crippen molar-refractivity contribution in [2.75, 3.05) is 31.1 Å². The zero-order valence-electron chi connectivity index (χ0n) is 20.5. The Morgan fingerprint density at radius 2 is 1.54 bits per heavy atom. The molecule has 192 valence electrons. The Hall–Kier alpha value is -2.28. The van der Waals surface area contributed by atoms with E-state index in [1.807, 2.05) is 24.3 Å². The van der Waals surface area contributed by atoms with E-state index in [1.165, 1.54) is 32.4 Å². The number of fused-ring (bicyclic) bond motifs is 1. The molecule has 3 aromatic rings. The van der Waals surface area contributed by atoms with Crippen LogP contribution in [0.4, 0.5) is 16.2 Å². The number of amides is 2. The van der Waals surface area contributed by atoms with Crippen molar-refractivity contribution in [2.24, 2.45) is 0 Å². The number of hydrogen-bond acceptors (Lipinski definition) is 3. The van der Waals surface area contributed by atoms with Crippen LogP contribution in [0.15, 0.2) is 54.6 Å². The van der Waals surface area contributed by atoms with Crippen molar-refractivity contribution in [3.05, 3.63) is 80.8 Å². The van der Waals surface area contributed by atoms with E-state index in [2.05, 4.69) is 27.2 Å². The number of nitrogens with one attached hydrogen (secondary N) is 1. The van der Waals surface area contributed by atoms with Crippen LogP contribution in [0.2, 0.25) is 15.1 Å². The van der Waals surface area contributed by atoms with Crippen LogP contribution in [0.5, 0.6) is 0 Å². The number of anilines is 2. The smallest absolute Gasteiger partial charge is 0.326 e. The van der Waals surface area contributed by atoms with Gasteiger partial charge in [0.15, 0.2) is 0 Å². The molecule has 37 heavy (non-hydrogen) atoms. The van der Waals surface area contributed by atoms with E-state index in [0.29, 0.717) is 33.3 Å². The van der Waals surface area contributed by atoms with Crippen LogP contribution >= 0.6 is 34.8 Å². The molecule has 5 nitrogen and oxygen atoms in total. The summed E-state index contributed by atoms with van der Waals surface area (Å²) in [5.41, 5.74) is 5.37. The number of carbonyl (C=O) groups excluding carboxylic acids is 1. The third-order valence-electron chi connectivity index (χ3n) is 7.84. The average Bonchev–Trinajstić information content (AvgIpc) is 2.85. The summed E-state index contributed by atoms with van der Waals surface area (Å²) in [4.78, 5) is 20.0. The molecule has 2 saturated heterocycles. The van der Waals surface area contributed by atoms with E-state index in [-0.39, 0.29) is 6.03 Å². The van der Waals surface area contributed by atoms with Gasteiger partial charge in [-0.15, -0.1) is 0 Å². The second kappa shape index (κ2) is 10.5. The molecule has 0 bridgehead atoms.